The van der Waals surface area contributed by atoms with Gasteiger partial charge in [-0.25, -0.2) is 9.78 Å². The summed E-state index contributed by atoms with van der Waals surface area (Å²) < 4.78 is 1.34. The van der Waals surface area contributed by atoms with Crippen molar-refractivity contribution in [3.63, 3.8) is 0 Å². The number of aromatic hydroxyl groups is 1. The molecule has 0 amide bonds. The molecule has 2 N–H and O–H groups in total. The van der Waals surface area contributed by atoms with Crippen LogP contribution in [-0.2, 0) is 12.0 Å². The Balaban J connectivity index is 2.78. The standard InChI is InChI=1S/C10H12N2O4/c1-10(2)3-4-12-7(14)6(13)5(8(15)16)11-9(10)12/h13H,3-4H2,1-2H3,(H,15,16). The summed E-state index contributed by atoms with van der Waals surface area (Å²) in [4.78, 5) is 26.4. The molecule has 6 nitrogen and oxygen atoms in total. The van der Waals surface area contributed by atoms with Gasteiger partial charge < -0.3 is 10.2 Å². The summed E-state index contributed by atoms with van der Waals surface area (Å²) in [6.07, 6.45) is 0.706. The highest BCUT2D eigenvalue weighted by molar-refractivity contribution is 5.88. The highest BCUT2D eigenvalue weighted by atomic mass is 16.4. The number of hydrogen-bond donors (Lipinski definition) is 2. The van der Waals surface area contributed by atoms with Crippen molar-refractivity contribution < 1.29 is 15.0 Å². The molecule has 1 aromatic heterocycles. The molecule has 1 aromatic rings. The zero-order valence-corrected chi connectivity index (χ0v) is 9.02. The molecule has 0 atom stereocenters. The molecule has 0 aliphatic carbocycles. The van der Waals surface area contributed by atoms with E-state index in [4.69, 9.17) is 5.11 Å². The molecule has 16 heavy (non-hydrogen) atoms. The normalized spacial score (nSPS) is 17.1. The third-order valence-corrected chi connectivity index (χ3v) is 2.91. The number of rotatable bonds is 1. The van der Waals surface area contributed by atoms with Crippen molar-refractivity contribution >= 4 is 5.97 Å². The van der Waals surface area contributed by atoms with Crippen LogP contribution in [0, 0.1) is 0 Å². The van der Waals surface area contributed by atoms with E-state index in [0.29, 0.717) is 18.8 Å². The van der Waals surface area contributed by atoms with Gasteiger partial charge in [0.2, 0.25) is 5.75 Å². The molecule has 86 valence electrons. The fraction of sp³-hybridized carbons (Fsp3) is 0.500. The van der Waals surface area contributed by atoms with Crippen molar-refractivity contribution in [1.29, 1.82) is 0 Å². The van der Waals surface area contributed by atoms with Crippen LogP contribution in [-0.4, -0.2) is 25.7 Å². The molecule has 0 saturated heterocycles. The predicted octanol–water partition coefficient (Wildman–Crippen LogP) is 0.328. The number of hydrogen-bond acceptors (Lipinski definition) is 4. The van der Waals surface area contributed by atoms with Crippen LogP contribution in [0.5, 0.6) is 5.75 Å². The molecule has 2 heterocycles. The molecule has 0 fully saturated rings. The van der Waals surface area contributed by atoms with Gasteiger partial charge in [0.15, 0.2) is 5.69 Å². The van der Waals surface area contributed by atoms with Gasteiger partial charge in [0.1, 0.15) is 5.82 Å². The van der Waals surface area contributed by atoms with Gasteiger partial charge in [0, 0.05) is 12.0 Å². The smallest absolute Gasteiger partial charge is 0.358 e. The second-order valence-electron chi connectivity index (χ2n) is 4.53. The average molecular weight is 224 g/mol. The predicted molar refractivity (Wildman–Crippen MR) is 54.8 cm³/mol. The number of aromatic carboxylic acids is 1. The first kappa shape index (κ1) is 10.7. The number of carboxylic acids is 1. The van der Waals surface area contributed by atoms with E-state index in [9.17, 15) is 14.7 Å². The molecule has 1 aliphatic heterocycles. The van der Waals surface area contributed by atoms with Crippen LogP contribution >= 0.6 is 0 Å². The van der Waals surface area contributed by atoms with Gasteiger partial charge in [-0.15, -0.1) is 0 Å². The molecule has 2 rings (SSSR count). The number of fused-ring (bicyclic) bond motifs is 1. The van der Waals surface area contributed by atoms with Crippen LogP contribution in [0.25, 0.3) is 0 Å². The molecule has 6 heteroatoms. The van der Waals surface area contributed by atoms with Crippen LogP contribution in [0.15, 0.2) is 4.79 Å². The van der Waals surface area contributed by atoms with Crippen molar-refractivity contribution in [2.24, 2.45) is 0 Å². The summed E-state index contributed by atoms with van der Waals surface area (Å²) >= 11 is 0. The molecular formula is C10H12N2O4. The monoisotopic (exact) mass is 224 g/mol. The number of carboxylic acid groups (broad SMARTS) is 1. The van der Waals surface area contributed by atoms with Gasteiger partial charge in [-0.05, 0) is 6.42 Å². The van der Waals surface area contributed by atoms with Crippen molar-refractivity contribution in [2.45, 2.75) is 32.2 Å². The van der Waals surface area contributed by atoms with Crippen LogP contribution in [0.1, 0.15) is 36.6 Å². The first-order valence-corrected chi connectivity index (χ1v) is 4.92. The molecule has 0 spiro atoms. The Labute approximate surface area is 91.2 Å². The Morgan fingerprint density at radius 3 is 2.69 bits per heavy atom. The minimum absolute atomic E-state index is 0.336. The highest BCUT2D eigenvalue weighted by Gasteiger charge is 2.35. The van der Waals surface area contributed by atoms with Crippen LogP contribution in [0.3, 0.4) is 0 Å². The van der Waals surface area contributed by atoms with Gasteiger partial charge >= 0.3 is 5.97 Å². The second kappa shape index (κ2) is 3.07. The topological polar surface area (TPSA) is 92.4 Å². The molecule has 0 saturated carbocycles. The molecular weight excluding hydrogens is 212 g/mol. The Kier molecular flexibility index (Phi) is 2.04. The van der Waals surface area contributed by atoms with E-state index in [1.165, 1.54) is 4.57 Å². The fourth-order valence-electron chi connectivity index (χ4n) is 1.92. The third kappa shape index (κ3) is 1.30. The lowest BCUT2D eigenvalue weighted by molar-refractivity contribution is 0.0685. The largest absolute Gasteiger partial charge is 0.501 e. The zero-order valence-electron chi connectivity index (χ0n) is 9.02. The SMILES string of the molecule is CC1(C)CCn2c1nc(C(=O)O)c(O)c2=O. The lowest BCUT2D eigenvalue weighted by Gasteiger charge is -2.16. The van der Waals surface area contributed by atoms with Crippen molar-refractivity contribution in [3.8, 4) is 5.75 Å². The van der Waals surface area contributed by atoms with E-state index in [0.717, 1.165) is 0 Å². The van der Waals surface area contributed by atoms with Crippen molar-refractivity contribution in [2.75, 3.05) is 0 Å². The molecule has 0 radical (unpaired) electrons. The maximum absolute atomic E-state index is 11.7. The van der Waals surface area contributed by atoms with Gasteiger partial charge in [-0.3, -0.25) is 9.36 Å². The van der Waals surface area contributed by atoms with E-state index in [2.05, 4.69) is 4.98 Å². The summed E-state index contributed by atoms with van der Waals surface area (Å²) in [5.74, 6) is -1.75. The summed E-state index contributed by atoms with van der Waals surface area (Å²) in [5.41, 5.74) is -1.57. The van der Waals surface area contributed by atoms with Crippen molar-refractivity contribution in [3.05, 3.63) is 21.9 Å². The van der Waals surface area contributed by atoms with Gasteiger partial charge in [0.05, 0.1) is 0 Å². The zero-order chi connectivity index (χ0) is 12.1. The van der Waals surface area contributed by atoms with Gasteiger partial charge in [0.25, 0.3) is 5.56 Å². The van der Waals surface area contributed by atoms with Crippen LogP contribution in [0.2, 0.25) is 0 Å². The van der Waals surface area contributed by atoms with E-state index in [-0.39, 0.29) is 5.41 Å². The van der Waals surface area contributed by atoms with Crippen molar-refractivity contribution in [1.82, 2.24) is 9.55 Å². The Morgan fingerprint density at radius 2 is 2.12 bits per heavy atom. The minimum atomic E-state index is -1.39. The minimum Gasteiger partial charge on any atom is -0.501 e. The maximum Gasteiger partial charge on any atom is 0.358 e. The summed E-state index contributed by atoms with van der Waals surface area (Å²) in [6, 6.07) is 0. The Bertz CT molecular complexity index is 530. The maximum atomic E-state index is 11.7. The van der Waals surface area contributed by atoms with E-state index < -0.39 is 23.0 Å². The summed E-state index contributed by atoms with van der Waals surface area (Å²) in [5, 5.41) is 18.2. The Hall–Kier alpha value is -1.85. The fourth-order valence-corrected chi connectivity index (χ4v) is 1.92. The number of aromatic nitrogens is 2. The lowest BCUT2D eigenvalue weighted by atomic mass is 9.91. The molecule has 0 bridgehead atoms. The average Bonchev–Trinajstić information content (AvgIpc) is 2.48. The van der Waals surface area contributed by atoms with E-state index in [1.54, 1.807) is 0 Å². The Morgan fingerprint density at radius 1 is 1.50 bits per heavy atom. The summed E-state index contributed by atoms with van der Waals surface area (Å²) in [6.45, 7) is 4.24. The second-order valence-corrected chi connectivity index (χ2v) is 4.53. The van der Waals surface area contributed by atoms with Gasteiger partial charge in [-0.2, -0.15) is 0 Å². The van der Waals surface area contributed by atoms with E-state index in [1.807, 2.05) is 13.8 Å². The number of carbonyl (C=O) groups is 1. The highest BCUT2D eigenvalue weighted by Crippen LogP contribution is 2.32. The van der Waals surface area contributed by atoms with Gasteiger partial charge in [-0.1, -0.05) is 13.8 Å². The first-order valence-electron chi connectivity index (χ1n) is 4.92. The van der Waals surface area contributed by atoms with Crippen LogP contribution < -0.4 is 5.56 Å². The number of nitrogens with zero attached hydrogens (tertiary/aromatic N) is 2. The molecule has 1 aliphatic rings. The van der Waals surface area contributed by atoms with E-state index >= 15 is 0 Å². The quantitative estimate of drug-likeness (QED) is 0.717. The third-order valence-electron chi connectivity index (χ3n) is 2.91. The molecule has 0 aromatic carbocycles. The lowest BCUT2D eigenvalue weighted by Crippen LogP contribution is -2.26. The first-order chi connectivity index (χ1) is 7.34. The van der Waals surface area contributed by atoms with Crippen LogP contribution in [0.4, 0.5) is 0 Å². The molecule has 0 unspecified atom stereocenters. The summed E-state index contributed by atoms with van der Waals surface area (Å²) in [7, 11) is 0.